The number of hydrogen-bond donors (Lipinski definition) is 1. The highest BCUT2D eigenvalue weighted by molar-refractivity contribution is 5.65. The maximum Gasteiger partial charge on any atom is 0.387 e. The molecule has 3 aliphatic rings. The van der Waals surface area contributed by atoms with Crippen molar-refractivity contribution in [2.45, 2.75) is 43.8 Å². The van der Waals surface area contributed by atoms with E-state index in [0.717, 1.165) is 44.8 Å². The first-order valence-electron chi connectivity index (χ1n) is 11.3. The molecule has 0 bridgehead atoms. The third-order valence-electron chi connectivity index (χ3n) is 6.67. The molecule has 184 valence electrons. The summed E-state index contributed by atoms with van der Waals surface area (Å²) in [4.78, 5) is 16.9. The fourth-order valence-corrected chi connectivity index (χ4v) is 4.71. The molecule has 2 aliphatic heterocycles. The number of alkyl halides is 4. The number of anilines is 2. The molecule has 2 N–H and O–H groups in total. The number of pyridine rings is 1. The van der Waals surface area contributed by atoms with Crippen LogP contribution in [0.1, 0.15) is 30.9 Å². The van der Waals surface area contributed by atoms with E-state index in [9.17, 15) is 17.6 Å². The Bertz CT molecular complexity index is 1030. The molecule has 1 aliphatic carbocycles. The number of nitrogens with two attached hydrogens (primary N) is 1. The Kier molecular flexibility index (Phi) is 6.19. The average Bonchev–Trinajstić information content (AvgIpc) is 3.14. The Labute approximate surface area is 194 Å². The summed E-state index contributed by atoms with van der Waals surface area (Å²) in [5.41, 5.74) is 7.20. The number of rotatable bonds is 6. The number of nitrogens with zero attached hydrogens (tertiary/aromatic N) is 5. The summed E-state index contributed by atoms with van der Waals surface area (Å²) in [6, 6.07) is 3.54. The summed E-state index contributed by atoms with van der Waals surface area (Å²) in [6.45, 7) is -0.157. The van der Waals surface area contributed by atoms with E-state index < -0.39 is 19.1 Å². The summed E-state index contributed by atoms with van der Waals surface area (Å²) < 4.78 is 63.2. The van der Waals surface area contributed by atoms with Crippen LogP contribution in [-0.2, 0) is 4.74 Å². The van der Waals surface area contributed by atoms with Crippen molar-refractivity contribution in [1.82, 2.24) is 19.9 Å². The third kappa shape index (κ3) is 4.88. The zero-order valence-electron chi connectivity index (χ0n) is 18.5. The topological polar surface area (TPSA) is 89.6 Å². The van der Waals surface area contributed by atoms with Gasteiger partial charge in [-0.05, 0) is 25.0 Å². The molecule has 0 radical (unpaired) electrons. The predicted octanol–water partition coefficient (Wildman–Crippen LogP) is 3.15. The lowest BCUT2D eigenvalue weighted by molar-refractivity contribution is -0.0494. The van der Waals surface area contributed by atoms with Crippen molar-refractivity contribution in [3.05, 3.63) is 24.0 Å². The van der Waals surface area contributed by atoms with Gasteiger partial charge in [-0.25, -0.2) is 23.7 Å². The molecule has 2 aromatic rings. The van der Waals surface area contributed by atoms with E-state index in [-0.39, 0.29) is 36.4 Å². The highest BCUT2D eigenvalue weighted by atomic mass is 19.3. The maximum absolute atomic E-state index is 13.9. The Balaban J connectivity index is 1.44. The molecular weight excluding hydrogens is 456 g/mol. The summed E-state index contributed by atoms with van der Waals surface area (Å²) in [6.07, 6.45) is 2.92. The number of ether oxygens (including phenoxy) is 2. The van der Waals surface area contributed by atoms with Crippen molar-refractivity contribution in [3.8, 4) is 17.0 Å². The molecule has 34 heavy (non-hydrogen) atoms. The fraction of sp³-hybridized carbons (Fsp3) is 0.591. The lowest BCUT2D eigenvalue weighted by Crippen LogP contribution is -2.49. The van der Waals surface area contributed by atoms with Gasteiger partial charge >= 0.3 is 6.61 Å². The quantitative estimate of drug-likeness (QED) is 0.629. The average molecular weight is 482 g/mol. The lowest BCUT2D eigenvalue weighted by Gasteiger charge is -2.44. The van der Waals surface area contributed by atoms with Gasteiger partial charge in [0, 0.05) is 55.5 Å². The second kappa shape index (κ2) is 9.14. The van der Waals surface area contributed by atoms with E-state index in [1.54, 1.807) is 6.07 Å². The number of nitrogen functional groups attached to an aromatic ring is 1. The molecular formula is C22H26F4N6O2. The number of morpholine rings is 1. The van der Waals surface area contributed by atoms with E-state index in [1.165, 1.54) is 17.2 Å². The molecule has 2 saturated heterocycles. The van der Waals surface area contributed by atoms with Crippen LogP contribution in [-0.4, -0.2) is 77.8 Å². The second-order valence-corrected chi connectivity index (χ2v) is 8.96. The summed E-state index contributed by atoms with van der Waals surface area (Å²) in [5.74, 6) is -2.90. The molecule has 12 heteroatoms. The minimum atomic E-state index is -3.06. The zero-order chi connectivity index (χ0) is 23.9. The predicted molar refractivity (Wildman–Crippen MR) is 116 cm³/mol. The highest BCUT2D eigenvalue weighted by Gasteiger charge is 2.40. The summed E-state index contributed by atoms with van der Waals surface area (Å²) in [5, 5.41) is 0. The smallest absolute Gasteiger partial charge is 0.387 e. The molecule has 0 atom stereocenters. The van der Waals surface area contributed by atoms with Crippen LogP contribution in [0.25, 0.3) is 11.3 Å². The number of hydrogen-bond acceptors (Lipinski definition) is 8. The van der Waals surface area contributed by atoms with Gasteiger partial charge in [0.25, 0.3) is 5.92 Å². The van der Waals surface area contributed by atoms with Crippen molar-refractivity contribution < 1.29 is 27.0 Å². The van der Waals surface area contributed by atoms with Crippen molar-refractivity contribution in [3.63, 3.8) is 0 Å². The molecule has 3 fully saturated rings. The van der Waals surface area contributed by atoms with Crippen LogP contribution in [0.5, 0.6) is 5.75 Å². The third-order valence-corrected chi connectivity index (χ3v) is 6.67. The van der Waals surface area contributed by atoms with Gasteiger partial charge in [-0.1, -0.05) is 0 Å². The Morgan fingerprint density at radius 3 is 2.56 bits per heavy atom. The summed E-state index contributed by atoms with van der Waals surface area (Å²) in [7, 11) is 0. The van der Waals surface area contributed by atoms with Crippen molar-refractivity contribution in [1.29, 1.82) is 0 Å². The van der Waals surface area contributed by atoms with Crippen LogP contribution >= 0.6 is 0 Å². The lowest BCUT2D eigenvalue weighted by atomic mass is 9.77. The normalized spacial score (nSPS) is 24.9. The van der Waals surface area contributed by atoms with E-state index in [0.29, 0.717) is 17.3 Å². The van der Waals surface area contributed by atoms with Crippen LogP contribution in [0.4, 0.5) is 29.3 Å². The molecule has 8 nitrogen and oxygen atoms in total. The monoisotopic (exact) mass is 482 g/mol. The van der Waals surface area contributed by atoms with Crippen molar-refractivity contribution >= 4 is 11.8 Å². The molecule has 1 saturated carbocycles. The Morgan fingerprint density at radius 2 is 1.88 bits per heavy atom. The number of aromatic nitrogens is 3. The first-order valence-corrected chi connectivity index (χ1v) is 11.3. The van der Waals surface area contributed by atoms with Gasteiger partial charge in [0.05, 0.1) is 25.5 Å². The minimum Gasteiger partial charge on any atom is -0.431 e. The largest absolute Gasteiger partial charge is 0.431 e. The molecule has 5 rings (SSSR count). The fourth-order valence-electron chi connectivity index (χ4n) is 4.71. The molecule has 0 aromatic carbocycles. The van der Waals surface area contributed by atoms with Gasteiger partial charge in [0.2, 0.25) is 5.95 Å². The van der Waals surface area contributed by atoms with Gasteiger partial charge < -0.3 is 20.1 Å². The maximum atomic E-state index is 13.9. The van der Waals surface area contributed by atoms with Gasteiger partial charge in [0.15, 0.2) is 11.6 Å². The SMILES string of the molecule is Nc1ncc(-c2cc(C3CC(N4CCOCC4)C3)nc(N3CCC(F)(F)C3)n2)cc1OC(F)F. The minimum absolute atomic E-state index is 0.136. The Hall–Kier alpha value is -2.73. The second-order valence-electron chi connectivity index (χ2n) is 8.96. The highest BCUT2D eigenvalue weighted by Crippen LogP contribution is 2.41. The Morgan fingerprint density at radius 1 is 1.12 bits per heavy atom. The van der Waals surface area contributed by atoms with Crippen LogP contribution in [0.15, 0.2) is 18.3 Å². The summed E-state index contributed by atoms with van der Waals surface area (Å²) >= 11 is 0. The standard InChI is InChI=1S/C22H26F4N6O2/c23-20(24)34-18-9-14(11-28-19(18)27)17-10-16(13-7-15(8-13)31-3-5-33-6-4-31)29-21(30-17)32-2-1-22(25,26)12-32/h9-11,13,15,20H,1-8,12H2,(H2,27,28). The van der Waals surface area contributed by atoms with Crippen LogP contribution in [0, 0.1) is 0 Å². The molecule has 0 amide bonds. The van der Waals surface area contributed by atoms with Gasteiger partial charge in [-0.2, -0.15) is 8.78 Å². The van der Waals surface area contributed by atoms with Gasteiger partial charge in [-0.15, -0.1) is 0 Å². The number of halogens is 4. The van der Waals surface area contributed by atoms with E-state index >= 15 is 0 Å². The van der Waals surface area contributed by atoms with E-state index in [2.05, 4.69) is 24.6 Å². The van der Waals surface area contributed by atoms with Crippen molar-refractivity contribution in [2.75, 3.05) is 50.0 Å². The van der Waals surface area contributed by atoms with Crippen LogP contribution < -0.4 is 15.4 Å². The first-order chi connectivity index (χ1) is 16.3. The van der Waals surface area contributed by atoms with Crippen LogP contribution in [0.2, 0.25) is 0 Å². The molecule has 2 aromatic heterocycles. The molecule has 0 unspecified atom stereocenters. The van der Waals surface area contributed by atoms with Gasteiger partial charge in [0.1, 0.15) is 0 Å². The van der Waals surface area contributed by atoms with Crippen molar-refractivity contribution in [2.24, 2.45) is 0 Å². The first kappa shape index (κ1) is 23.0. The zero-order valence-corrected chi connectivity index (χ0v) is 18.5. The van der Waals surface area contributed by atoms with E-state index in [4.69, 9.17) is 10.5 Å². The van der Waals surface area contributed by atoms with Gasteiger partial charge in [-0.3, -0.25) is 4.90 Å². The van der Waals surface area contributed by atoms with Crippen LogP contribution in [0.3, 0.4) is 0 Å². The van der Waals surface area contributed by atoms with E-state index in [1.807, 2.05) is 0 Å². The molecule has 0 spiro atoms. The molecule has 4 heterocycles.